The molecule has 2 rings (SSSR count). The second-order valence-electron chi connectivity index (χ2n) is 4.39. The Bertz CT molecular complexity index is 750. The molecule has 112 valence electrons. The van der Waals surface area contributed by atoms with Crippen LogP contribution in [0, 0.1) is 0 Å². The monoisotopic (exact) mass is 388 g/mol. The average molecular weight is 390 g/mol. The average Bonchev–Trinajstić information content (AvgIpc) is 2.48. The summed E-state index contributed by atoms with van der Waals surface area (Å²) in [6.07, 6.45) is 2.30. The van der Waals surface area contributed by atoms with Crippen molar-refractivity contribution >= 4 is 37.6 Å². The molecule has 0 amide bonds. The normalized spacial score (nSPS) is 11.6. The van der Waals surface area contributed by atoms with Gasteiger partial charge in [0.05, 0.1) is 0 Å². The van der Waals surface area contributed by atoms with Gasteiger partial charge in [0.1, 0.15) is 10.0 Å². The SMILES string of the molecule is CCc1ccccc1CNS(=O)(=O)c1cc(Br)cnc1Cl. The molecular weight excluding hydrogens is 376 g/mol. The van der Waals surface area contributed by atoms with Crippen molar-refractivity contribution in [2.75, 3.05) is 0 Å². The van der Waals surface area contributed by atoms with Crippen molar-refractivity contribution in [3.8, 4) is 0 Å². The third-order valence-corrected chi connectivity index (χ3v) is 5.28. The van der Waals surface area contributed by atoms with Crippen molar-refractivity contribution < 1.29 is 8.42 Å². The number of nitrogens with zero attached hydrogens (tertiary/aromatic N) is 1. The van der Waals surface area contributed by atoms with Crippen LogP contribution in [0.1, 0.15) is 18.1 Å². The summed E-state index contributed by atoms with van der Waals surface area (Å²) in [5.41, 5.74) is 2.06. The van der Waals surface area contributed by atoms with Gasteiger partial charge in [-0.05, 0) is 39.5 Å². The second-order valence-corrected chi connectivity index (χ2v) is 7.40. The fourth-order valence-electron chi connectivity index (χ4n) is 1.92. The molecule has 7 heteroatoms. The van der Waals surface area contributed by atoms with E-state index < -0.39 is 10.0 Å². The van der Waals surface area contributed by atoms with E-state index in [-0.39, 0.29) is 16.6 Å². The zero-order chi connectivity index (χ0) is 15.5. The zero-order valence-corrected chi connectivity index (χ0v) is 14.5. The van der Waals surface area contributed by atoms with E-state index in [0.29, 0.717) is 4.47 Å². The van der Waals surface area contributed by atoms with Crippen LogP contribution in [0.15, 0.2) is 45.9 Å². The molecule has 4 nitrogen and oxygen atoms in total. The number of halogens is 2. The molecule has 2 aromatic rings. The maximum Gasteiger partial charge on any atom is 0.243 e. The van der Waals surface area contributed by atoms with E-state index in [0.717, 1.165) is 17.5 Å². The first kappa shape index (κ1) is 16.4. The number of aryl methyl sites for hydroxylation is 1. The Hall–Kier alpha value is -0.950. The number of benzene rings is 1. The van der Waals surface area contributed by atoms with E-state index in [1.54, 1.807) is 0 Å². The van der Waals surface area contributed by atoms with Crippen molar-refractivity contribution in [3.05, 3.63) is 57.3 Å². The molecule has 0 fully saturated rings. The molecule has 0 unspecified atom stereocenters. The standard InChI is InChI=1S/C14H14BrClN2O2S/c1-2-10-5-3-4-6-11(10)8-18-21(19,20)13-7-12(15)9-17-14(13)16/h3-7,9,18H,2,8H2,1H3. The summed E-state index contributed by atoms with van der Waals surface area (Å²) in [6.45, 7) is 2.25. The van der Waals surface area contributed by atoms with Gasteiger partial charge in [0.15, 0.2) is 0 Å². The quantitative estimate of drug-likeness (QED) is 0.796. The molecule has 1 aromatic carbocycles. The van der Waals surface area contributed by atoms with E-state index in [4.69, 9.17) is 11.6 Å². The molecule has 21 heavy (non-hydrogen) atoms. The summed E-state index contributed by atoms with van der Waals surface area (Å²) < 4.78 is 27.8. The maximum atomic E-state index is 12.3. The summed E-state index contributed by atoms with van der Waals surface area (Å²) in [5, 5.41) is -0.0468. The number of rotatable bonds is 5. The number of hydrogen-bond donors (Lipinski definition) is 1. The molecule has 0 aliphatic rings. The van der Waals surface area contributed by atoms with Gasteiger partial charge in [-0.2, -0.15) is 0 Å². The van der Waals surface area contributed by atoms with E-state index in [1.165, 1.54) is 12.3 Å². The molecular formula is C14H14BrClN2O2S. The molecule has 0 atom stereocenters. The van der Waals surface area contributed by atoms with Gasteiger partial charge in [-0.25, -0.2) is 18.1 Å². The van der Waals surface area contributed by atoms with Gasteiger partial charge in [-0.3, -0.25) is 0 Å². The molecule has 1 aromatic heterocycles. The fourth-order valence-corrected chi connectivity index (χ4v) is 3.87. The first-order valence-corrected chi connectivity index (χ1v) is 8.97. The number of aromatic nitrogens is 1. The van der Waals surface area contributed by atoms with Gasteiger partial charge in [-0.15, -0.1) is 0 Å². The van der Waals surface area contributed by atoms with Gasteiger partial charge in [-0.1, -0.05) is 42.8 Å². The smallest absolute Gasteiger partial charge is 0.242 e. The van der Waals surface area contributed by atoms with Crippen LogP contribution in [0.4, 0.5) is 0 Å². The van der Waals surface area contributed by atoms with Crippen LogP contribution in [0.5, 0.6) is 0 Å². The van der Waals surface area contributed by atoms with Crippen molar-refractivity contribution in [1.29, 1.82) is 0 Å². The summed E-state index contributed by atoms with van der Waals surface area (Å²) >= 11 is 9.06. The largest absolute Gasteiger partial charge is 0.243 e. The summed E-state index contributed by atoms with van der Waals surface area (Å²) in [6, 6.07) is 9.14. The highest BCUT2D eigenvalue weighted by Crippen LogP contribution is 2.23. The van der Waals surface area contributed by atoms with Crippen molar-refractivity contribution in [1.82, 2.24) is 9.71 Å². The van der Waals surface area contributed by atoms with Crippen LogP contribution in [0.25, 0.3) is 0 Å². The van der Waals surface area contributed by atoms with E-state index in [1.807, 2.05) is 31.2 Å². The minimum absolute atomic E-state index is 0.0347. The zero-order valence-electron chi connectivity index (χ0n) is 11.3. The predicted octanol–water partition coefficient (Wildman–Crippen LogP) is 3.54. The Labute approximate surface area is 137 Å². The molecule has 0 radical (unpaired) electrons. The molecule has 0 saturated heterocycles. The molecule has 0 spiro atoms. The third-order valence-electron chi connectivity index (χ3n) is 3.01. The number of pyridine rings is 1. The van der Waals surface area contributed by atoms with Crippen LogP contribution in [0.3, 0.4) is 0 Å². The van der Waals surface area contributed by atoms with Gasteiger partial charge in [0.25, 0.3) is 0 Å². The molecule has 0 aliphatic carbocycles. The Morgan fingerprint density at radius 2 is 1.95 bits per heavy atom. The van der Waals surface area contributed by atoms with Gasteiger partial charge in [0.2, 0.25) is 10.0 Å². The minimum atomic E-state index is -3.71. The van der Waals surface area contributed by atoms with Crippen LogP contribution in [0.2, 0.25) is 5.15 Å². The Balaban J connectivity index is 2.24. The molecule has 0 bridgehead atoms. The van der Waals surface area contributed by atoms with Crippen LogP contribution >= 0.6 is 27.5 Å². The first-order chi connectivity index (χ1) is 9.94. The number of nitrogens with one attached hydrogen (secondary N) is 1. The van der Waals surface area contributed by atoms with Gasteiger partial charge >= 0.3 is 0 Å². The summed E-state index contributed by atoms with van der Waals surface area (Å²) in [5.74, 6) is 0. The Morgan fingerprint density at radius 1 is 1.29 bits per heavy atom. The van der Waals surface area contributed by atoms with E-state index in [2.05, 4.69) is 25.6 Å². The highest BCUT2D eigenvalue weighted by atomic mass is 79.9. The summed E-state index contributed by atoms with van der Waals surface area (Å²) in [7, 11) is -3.71. The highest BCUT2D eigenvalue weighted by molar-refractivity contribution is 9.10. The lowest BCUT2D eigenvalue weighted by molar-refractivity contribution is 0.580. The van der Waals surface area contributed by atoms with E-state index >= 15 is 0 Å². The van der Waals surface area contributed by atoms with Crippen molar-refractivity contribution in [2.45, 2.75) is 24.8 Å². The van der Waals surface area contributed by atoms with Gasteiger partial charge < -0.3 is 0 Å². The van der Waals surface area contributed by atoms with Crippen LogP contribution < -0.4 is 4.72 Å². The van der Waals surface area contributed by atoms with Crippen molar-refractivity contribution in [2.24, 2.45) is 0 Å². The van der Waals surface area contributed by atoms with Crippen molar-refractivity contribution in [3.63, 3.8) is 0 Å². The number of hydrogen-bond acceptors (Lipinski definition) is 3. The minimum Gasteiger partial charge on any atom is -0.242 e. The highest BCUT2D eigenvalue weighted by Gasteiger charge is 2.19. The lowest BCUT2D eigenvalue weighted by Crippen LogP contribution is -2.24. The molecule has 1 heterocycles. The van der Waals surface area contributed by atoms with Gasteiger partial charge in [0, 0.05) is 17.2 Å². The maximum absolute atomic E-state index is 12.3. The second kappa shape index (κ2) is 6.87. The number of sulfonamides is 1. The van der Waals surface area contributed by atoms with E-state index in [9.17, 15) is 8.42 Å². The first-order valence-electron chi connectivity index (χ1n) is 6.31. The van der Waals surface area contributed by atoms with Crippen LogP contribution in [-0.4, -0.2) is 13.4 Å². The fraction of sp³-hybridized carbons (Fsp3) is 0.214. The van der Waals surface area contributed by atoms with Crippen LogP contribution in [-0.2, 0) is 23.0 Å². The lowest BCUT2D eigenvalue weighted by atomic mass is 10.1. The predicted molar refractivity (Wildman–Crippen MR) is 86.8 cm³/mol. The topological polar surface area (TPSA) is 59.1 Å². The Kier molecular flexibility index (Phi) is 5.37. The lowest BCUT2D eigenvalue weighted by Gasteiger charge is -2.11. The molecule has 1 N–H and O–H groups in total. The summed E-state index contributed by atoms with van der Waals surface area (Å²) in [4.78, 5) is 3.80. The molecule has 0 aliphatic heterocycles. The molecule has 0 saturated carbocycles. The third kappa shape index (κ3) is 4.03. The Morgan fingerprint density at radius 3 is 2.62 bits per heavy atom.